The van der Waals surface area contributed by atoms with Gasteiger partial charge in [-0.2, -0.15) is 4.31 Å². The predicted octanol–water partition coefficient (Wildman–Crippen LogP) is 1.81. The molecular weight excluding hydrogens is 314 g/mol. The lowest BCUT2D eigenvalue weighted by atomic mass is 10.2. The molecular formula is C14H12F2N2O3S. The first-order chi connectivity index (χ1) is 10.4. The van der Waals surface area contributed by atoms with Crippen molar-refractivity contribution in [1.29, 1.82) is 0 Å². The summed E-state index contributed by atoms with van der Waals surface area (Å²) in [5, 5.41) is 0. The molecule has 2 aromatic rings. The molecule has 0 unspecified atom stereocenters. The van der Waals surface area contributed by atoms with Crippen molar-refractivity contribution < 1.29 is 21.9 Å². The van der Waals surface area contributed by atoms with Crippen molar-refractivity contribution in [2.24, 2.45) is 0 Å². The Bertz CT molecular complexity index is 758. The number of rotatable bonds is 4. The van der Waals surface area contributed by atoms with Crippen molar-refractivity contribution >= 4 is 10.0 Å². The zero-order chi connectivity index (χ0) is 15.7. The van der Waals surface area contributed by atoms with Gasteiger partial charge in [-0.05, 0) is 18.2 Å². The topological polar surface area (TPSA) is 59.5 Å². The van der Waals surface area contributed by atoms with Crippen molar-refractivity contribution in [3.05, 3.63) is 54.2 Å². The van der Waals surface area contributed by atoms with Crippen LogP contribution in [0, 0.1) is 11.6 Å². The van der Waals surface area contributed by atoms with Gasteiger partial charge in [0.05, 0.1) is 18.0 Å². The van der Waals surface area contributed by atoms with E-state index < -0.39 is 26.6 Å². The molecule has 1 aliphatic rings. The first-order valence-electron chi connectivity index (χ1n) is 6.49. The minimum absolute atomic E-state index is 0.108. The second-order valence-corrected chi connectivity index (χ2v) is 6.77. The molecule has 1 fully saturated rings. The highest BCUT2D eigenvalue weighted by Gasteiger charge is 2.38. The van der Waals surface area contributed by atoms with E-state index in [2.05, 4.69) is 4.98 Å². The Morgan fingerprint density at radius 1 is 1.14 bits per heavy atom. The minimum Gasteiger partial charge on any atom is -0.472 e. The van der Waals surface area contributed by atoms with Gasteiger partial charge in [0, 0.05) is 18.3 Å². The lowest BCUT2D eigenvalue weighted by Gasteiger charge is -2.37. The van der Waals surface area contributed by atoms with Gasteiger partial charge in [-0.15, -0.1) is 0 Å². The molecule has 22 heavy (non-hydrogen) atoms. The van der Waals surface area contributed by atoms with E-state index >= 15 is 0 Å². The van der Waals surface area contributed by atoms with Gasteiger partial charge in [0.1, 0.15) is 17.7 Å². The van der Waals surface area contributed by atoms with E-state index in [9.17, 15) is 17.2 Å². The minimum atomic E-state index is -3.92. The molecule has 1 saturated heterocycles. The summed E-state index contributed by atoms with van der Waals surface area (Å²) >= 11 is 0. The number of pyridine rings is 1. The quantitative estimate of drug-likeness (QED) is 0.860. The van der Waals surface area contributed by atoms with Gasteiger partial charge < -0.3 is 4.74 Å². The van der Waals surface area contributed by atoms with E-state index in [-0.39, 0.29) is 19.2 Å². The molecule has 0 N–H and O–H groups in total. The first-order valence-corrected chi connectivity index (χ1v) is 7.93. The van der Waals surface area contributed by atoms with Gasteiger partial charge in [0.15, 0.2) is 0 Å². The van der Waals surface area contributed by atoms with E-state index in [0.29, 0.717) is 11.9 Å². The Balaban J connectivity index is 1.68. The lowest BCUT2D eigenvalue weighted by Crippen LogP contribution is -2.56. The third kappa shape index (κ3) is 2.93. The Hall–Kier alpha value is -2.06. The smallest absolute Gasteiger partial charge is 0.243 e. The summed E-state index contributed by atoms with van der Waals surface area (Å²) < 4.78 is 57.4. The van der Waals surface area contributed by atoms with E-state index in [4.69, 9.17) is 4.74 Å². The number of benzene rings is 1. The fraction of sp³-hybridized carbons (Fsp3) is 0.214. The maximum absolute atomic E-state index is 13.2. The van der Waals surface area contributed by atoms with Gasteiger partial charge >= 0.3 is 0 Å². The van der Waals surface area contributed by atoms with Crippen LogP contribution in [0.5, 0.6) is 5.88 Å². The second kappa shape index (κ2) is 5.62. The summed E-state index contributed by atoms with van der Waals surface area (Å²) in [6, 6.07) is 7.38. The van der Waals surface area contributed by atoms with E-state index in [0.717, 1.165) is 16.4 Å². The molecule has 0 bridgehead atoms. The molecule has 0 aliphatic carbocycles. The van der Waals surface area contributed by atoms with Crippen LogP contribution in [0.1, 0.15) is 0 Å². The molecule has 1 aromatic heterocycles. The lowest BCUT2D eigenvalue weighted by molar-refractivity contribution is 0.0721. The van der Waals surface area contributed by atoms with Crippen LogP contribution in [-0.4, -0.2) is 36.9 Å². The van der Waals surface area contributed by atoms with Crippen molar-refractivity contribution in [2.75, 3.05) is 13.1 Å². The average Bonchev–Trinajstić information content (AvgIpc) is 2.42. The molecule has 0 amide bonds. The van der Waals surface area contributed by atoms with E-state index in [1.807, 2.05) is 0 Å². The highest BCUT2D eigenvalue weighted by molar-refractivity contribution is 7.89. The molecule has 1 aromatic carbocycles. The number of nitrogens with zero attached hydrogens (tertiary/aromatic N) is 2. The Morgan fingerprint density at radius 2 is 1.82 bits per heavy atom. The van der Waals surface area contributed by atoms with Crippen LogP contribution in [0.3, 0.4) is 0 Å². The van der Waals surface area contributed by atoms with Gasteiger partial charge in [-0.3, -0.25) is 0 Å². The molecule has 0 saturated carbocycles. The van der Waals surface area contributed by atoms with Crippen molar-refractivity contribution in [2.45, 2.75) is 11.0 Å². The van der Waals surface area contributed by atoms with Gasteiger partial charge in [0.2, 0.25) is 15.9 Å². The van der Waals surface area contributed by atoms with Crippen molar-refractivity contribution in [1.82, 2.24) is 9.29 Å². The van der Waals surface area contributed by atoms with E-state index in [1.54, 1.807) is 24.4 Å². The largest absolute Gasteiger partial charge is 0.472 e. The molecule has 1 aliphatic heterocycles. The first kappa shape index (κ1) is 14.9. The number of hydrogen-bond donors (Lipinski definition) is 0. The average molecular weight is 326 g/mol. The van der Waals surface area contributed by atoms with Crippen LogP contribution in [-0.2, 0) is 10.0 Å². The van der Waals surface area contributed by atoms with Crippen LogP contribution >= 0.6 is 0 Å². The van der Waals surface area contributed by atoms with Crippen LogP contribution in [0.4, 0.5) is 8.78 Å². The molecule has 2 heterocycles. The fourth-order valence-electron chi connectivity index (χ4n) is 2.09. The Labute approximate surface area is 126 Å². The van der Waals surface area contributed by atoms with Crippen molar-refractivity contribution in [3.63, 3.8) is 0 Å². The monoisotopic (exact) mass is 326 g/mol. The summed E-state index contributed by atoms with van der Waals surface area (Å²) in [7, 11) is -3.92. The maximum atomic E-state index is 13.2. The number of aromatic nitrogens is 1. The zero-order valence-electron chi connectivity index (χ0n) is 11.3. The molecule has 116 valence electrons. The molecule has 8 heteroatoms. The van der Waals surface area contributed by atoms with Crippen molar-refractivity contribution in [3.8, 4) is 5.88 Å². The maximum Gasteiger partial charge on any atom is 0.243 e. The zero-order valence-corrected chi connectivity index (χ0v) is 12.1. The second-order valence-electron chi connectivity index (χ2n) is 4.84. The van der Waals surface area contributed by atoms with Gasteiger partial charge in [-0.25, -0.2) is 22.2 Å². The normalized spacial score (nSPS) is 16.3. The highest BCUT2D eigenvalue weighted by Crippen LogP contribution is 2.25. The standard InChI is InChI=1S/C14H12F2N2O3S/c15-10-5-11(16)7-13(6-10)22(19,20)18-8-12(9-18)21-14-3-1-2-4-17-14/h1-7,12H,8-9H2. The number of hydrogen-bond acceptors (Lipinski definition) is 4. The van der Waals surface area contributed by atoms with Crippen LogP contribution in [0.15, 0.2) is 47.5 Å². The molecule has 5 nitrogen and oxygen atoms in total. The predicted molar refractivity (Wildman–Crippen MR) is 73.8 cm³/mol. The van der Waals surface area contributed by atoms with Gasteiger partial charge in [-0.1, -0.05) is 6.07 Å². The number of ether oxygens (including phenoxy) is 1. The third-order valence-electron chi connectivity index (χ3n) is 3.21. The van der Waals surface area contributed by atoms with E-state index in [1.165, 1.54) is 0 Å². The summed E-state index contributed by atoms with van der Waals surface area (Å²) in [6.07, 6.45) is 1.24. The Morgan fingerprint density at radius 3 is 2.41 bits per heavy atom. The third-order valence-corrected chi connectivity index (χ3v) is 5.02. The Kier molecular flexibility index (Phi) is 3.79. The van der Waals surface area contributed by atoms with Gasteiger partial charge in [0.25, 0.3) is 0 Å². The summed E-state index contributed by atoms with van der Waals surface area (Å²) in [6.45, 7) is 0.216. The molecule has 0 spiro atoms. The SMILES string of the molecule is O=S(=O)(c1cc(F)cc(F)c1)N1CC(Oc2ccccn2)C1. The summed E-state index contributed by atoms with van der Waals surface area (Å²) in [4.78, 5) is 3.58. The fourth-order valence-corrected chi connectivity index (χ4v) is 3.63. The number of sulfonamides is 1. The van der Waals surface area contributed by atoms with Crippen LogP contribution in [0.25, 0.3) is 0 Å². The highest BCUT2D eigenvalue weighted by atomic mass is 32.2. The molecule has 0 radical (unpaired) electrons. The summed E-state index contributed by atoms with van der Waals surface area (Å²) in [5.41, 5.74) is 0. The molecule has 0 atom stereocenters. The van der Waals surface area contributed by atoms with Crippen LogP contribution < -0.4 is 4.74 Å². The number of halogens is 2. The van der Waals surface area contributed by atoms with Crippen LogP contribution in [0.2, 0.25) is 0 Å². The summed E-state index contributed by atoms with van der Waals surface area (Å²) in [5.74, 6) is -1.46. The molecule has 3 rings (SSSR count).